The summed E-state index contributed by atoms with van der Waals surface area (Å²) >= 11 is 0. The molecule has 0 bridgehead atoms. The highest BCUT2D eigenvalue weighted by molar-refractivity contribution is 7.39. The minimum atomic E-state index is -3.33. The van der Waals surface area contributed by atoms with Gasteiger partial charge in [-0.05, 0) is 30.5 Å². The predicted octanol–water partition coefficient (Wildman–Crippen LogP) is 3.55. The molecule has 0 heterocycles. The van der Waals surface area contributed by atoms with Gasteiger partial charge in [-0.3, -0.25) is 14.2 Å². The fourth-order valence-corrected chi connectivity index (χ4v) is 4.44. The van der Waals surface area contributed by atoms with Crippen molar-refractivity contribution >= 4 is 25.7 Å². The lowest BCUT2D eigenvalue weighted by molar-refractivity contribution is -0.143. The van der Waals surface area contributed by atoms with E-state index in [1.54, 1.807) is 30.3 Å². The molecule has 2 rings (SSSR count). The number of hydrogen-bond acceptors (Lipinski definition) is 4. The topological polar surface area (TPSA) is 124 Å². The second-order valence-electron chi connectivity index (χ2n) is 6.59. The molecule has 0 radical (unpaired) electrons. The van der Waals surface area contributed by atoms with Crippen molar-refractivity contribution in [2.24, 2.45) is 5.92 Å². The Morgan fingerprint density at radius 3 is 2.18 bits per heavy atom. The van der Waals surface area contributed by atoms with Gasteiger partial charge in [0.2, 0.25) is 0 Å². The summed E-state index contributed by atoms with van der Waals surface area (Å²) in [5, 5.41) is 21.8. The molecule has 150 valence electrons. The van der Waals surface area contributed by atoms with E-state index in [0.717, 1.165) is 5.56 Å². The van der Waals surface area contributed by atoms with E-state index in [-0.39, 0.29) is 6.42 Å². The molecule has 2 aromatic carbocycles. The van der Waals surface area contributed by atoms with Crippen molar-refractivity contribution in [1.82, 2.24) is 0 Å². The first-order valence-electron chi connectivity index (χ1n) is 8.85. The first-order valence-corrected chi connectivity index (χ1v) is 10.3. The van der Waals surface area contributed by atoms with Gasteiger partial charge in [-0.1, -0.05) is 48.5 Å². The molecule has 0 aliphatic heterocycles. The highest BCUT2D eigenvalue weighted by Gasteiger charge is 2.39. The van der Waals surface area contributed by atoms with Gasteiger partial charge in [-0.15, -0.1) is 0 Å². The van der Waals surface area contributed by atoms with Gasteiger partial charge in [0.15, 0.2) is 8.03 Å². The number of carboxylic acid groups (broad SMARTS) is 2. The Bertz CT molecular complexity index is 842. The van der Waals surface area contributed by atoms with E-state index in [4.69, 9.17) is 5.11 Å². The van der Waals surface area contributed by atoms with Crippen LogP contribution < -0.4 is 5.32 Å². The van der Waals surface area contributed by atoms with Crippen LogP contribution in [0.2, 0.25) is 0 Å². The quantitative estimate of drug-likeness (QED) is 0.446. The van der Waals surface area contributed by atoms with Crippen LogP contribution in [0.15, 0.2) is 54.6 Å². The van der Waals surface area contributed by atoms with Crippen molar-refractivity contribution in [3.8, 4) is 0 Å². The SMILES string of the molecule is Cc1ccccc1NC(c1ccccc1)C(C(CCC(=O)O)C(=O)O)[PH](=O)O. The normalized spacial score (nSPS) is 15.2. The van der Waals surface area contributed by atoms with Crippen LogP contribution in [0.5, 0.6) is 0 Å². The van der Waals surface area contributed by atoms with Gasteiger partial charge >= 0.3 is 11.9 Å². The lowest BCUT2D eigenvalue weighted by Crippen LogP contribution is -2.35. The molecule has 0 saturated carbocycles. The first-order chi connectivity index (χ1) is 13.3. The van der Waals surface area contributed by atoms with E-state index in [0.29, 0.717) is 11.3 Å². The van der Waals surface area contributed by atoms with Crippen LogP contribution in [0.4, 0.5) is 5.69 Å². The monoisotopic (exact) mass is 405 g/mol. The molecule has 0 fully saturated rings. The molecule has 4 atom stereocenters. The third kappa shape index (κ3) is 5.68. The summed E-state index contributed by atoms with van der Waals surface area (Å²) in [6, 6.07) is 15.4. The fraction of sp³-hybridized carbons (Fsp3) is 0.300. The number of anilines is 1. The minimum absolute atomic E-state index is 0.231. The Balaban J connectivity index is 2.49. The molecule has 2 aromatic rings. The highest BCUT2D eigenvalue weighted by atomic mass is 31.1. The van der Waals surface area contributed by atoms with E-state index in [2.05, 4.69) is 5.32 Å². The molecule has 4 N–H and O–H groups in total. The summed E-state index contributed by atoms with van der Waals surface area (Å²) in [5.41, 5.74) is 1.10. The Labute approximate surface area is 163 Å². The highest BCUT2D eigenvalue weighted by Crippen LogP contribution is 2.42. The summed E-state index contributed by atoms with van der Waals surface area (Å²) in [7, 11) is -3.33. The van der Waals surface area contributed by atoms with E-state index in [1.807, 2.05) is 31.2 Å². The zero-order chi connectivity index (χ0) is 20.7. The summed E-state index contributed by atoms with van der Waals surface area (Å²) in [6.45, 7) is 1.88. The number of rotatable bonds is 10. The van der Waals surface area contributed by atoms with Gasteiger partial charge in [-0.2, -0.15) is 0 Å². The van der Waals surface area contributed by atoms with Gasteiger partial charge in [-0.25, -0.2) is 0 Å². The number of benzene rings is 2. The molecule has 0 spiro atoms. The zero-order valence-electron chi connectivity index (χ0n) is 15.4. The first kappa shape index (κ1) is 21.7. The third-order valence-corrected chi connectivity index (χ3v) is 5.98. The molecule has 7 nitrogen and oxygen atoms in total. The van der Waals surface area contributed by atoms with Crippen molar-refractivity contribution < 1.29 is 29.3 Å². The van der Waals surface area contributed by atoms with Crippen LogP contribution in [0.25, 0.3) is 0 Å². The number of aryl methyl sites for hydroxylation is 1. The van der Waals surface area contributed by atoms with Crippen molar-refractivity contribution in [3.05, 3.63) is 65.7 Å². The van der Waals surface area contributed by atoms with Crippen molar-refractivity contribution in [1.29, 1.82) is 0 Å². The molecule has 0 aromatic heterocycles. The van der Waals surface area contributed by atoms with Crippen molar-refractivity contribution in [2.45, 2.75) is 31.5 Å². The maximum absolute atomic E-state index is 12.3. The second kappa shape index (κ2) is 10.1. The van der Waals surface area contributed by atoms with Crippen molar-refractivity contribution in [2.75, 3.05) is 5.32 Å². The number of nitrogens with one attached hydrogen (secondary N) is 1. The van der Waals surface area contributed by atoms with Crippen molar-refractivity contribution in [3.63, 3.8) is 0 Å². The standard InChI is InChI=1S/C20H24NO6P/c1-13-7-5-6-10-16(13)21-18(14-8-3-2-4-9-14)19(28(26)27)15(20(24)25)11-12-17(22)23/h2-10,15,18-19,21,28H,11-12H2,1H3,(H,22,23)(H,24,25)(H,26,27). The van der Waals surface area contributed by atoms with Gasteiger partial charge in [0.1, 0.15) is 0 Å². The average molecular weight is 405 g/mol. The Morgan fingerprint density at radius 1 is 1.04 bits per heavy atom. The van der Waals surface area contributed by atoms with Crippen LogP contribution in [-0.4, -0.2) is 32.7 Å². The third-order valence-electron chi connectivity index (χ3n) is 4.68. The van der Waals surface area contributed by atoms with Gasteiger partial charge < -0.3 is 20.4 Å². The van der Waals surface area contributed by atoms with E-state index < -0.39 is 44.0 Å². The Kier molecular flexibility index (Phi) is 7.79. The van der Waals surface area contributed by atoms with Gasteiger partial charge in [0.25, 0.3) is 0 Å². The van der Waals surface area contributed by atoms with Gasteiger partial charge in [0.05, 0.1) is 17.6 Å². The molecular formula is C20H24NO6P. The number of hydrogen-bond donors (Lipinski definition) is 4. The van der Waals surface area contributed by atoms with E-state index >= 15 is 0 Å². The summed E-state index contributed by atoms with van der Waals surface area (Å²) in [4.78, 5) is 32.9. The summed E-state index contributed by atoms with van der Waals surface area (Å²) in [5.74, 6) is -3.72. The number of carbonyl (C=O) groups is 2. The fourth-order valence-electron chi connectivity index (χ4n) is 3.23. The van der Waals surface area contributed by atoms with Crippen LogP contribution >= 0.6 is 8.03 Å². The Morgan fingerprint density at radius 2 is 1.64 bits per heavy atom. The predicted molar refractivity (Wildman–Crippen MR) is 107 cm³/mol. The maximum Gasteiger partial charge on any atom is 0.307 e. The lowest BCUT2D eigenvalue weighted by Gasteiger charge is -2.32. The molecule has 4 unspecified atom stereocenters. The lowest BCUT2D eigenvalue weighted by atomic mass is 9.90. The second-order valence-corrected chi connectivity index (χ2v) is 7.93. The minimum Gasteiger partial charge on any atom is -0.481 e. The van der Waals surface area contributed by atoms with Crippen LogP contribution in [0.3, 0.4) is 0 Å². The maximum atomic E-state index is 12.3. The molecule has 0 aliphatic carbocycles. The van der Waals surface area contributed by atoms with E-state index in [1.165, 1.54) is 0 Å². The molecule has 0 aliphatic rings. The summed E-state index contributed by atoms with van der Waals surface area (Å²) in [6.07, 6.45) is -0.625. The largest absolute Gasteiger partial charge is 0.481 e. The number of aliphatic carboxylic acids is 2. The molecule has 28 heavy (non-hydrogen) atoms. The molecule has 8 heteroatoms. The Hall–Kier alpha value is -2.63. The smallest absolute Gasteiger partial charge is 0.307 e. The number of para-hydroxylation sites is 1. The molecular weight excluding hydrogens is 381 g/mol. The van der Waals surface area contributed by atoms with Gasteiger partial charge in [0, 0.05) is 12.1 Å². The molecule has 0 saturated heterocycles. The van der Waals surface area contributed by atoms with Crippen LogP contribution in [-0.2, 0) is 14.2 Å². The van der Waals surface area contributed by atoms with Crippen LogP contribution in [0.1, 0.15) is 30.0 Å². The molecule has 0 amide bonds. The summed E-state index contributed by atoms with van der Waals surface area (Å²) < 4.78 is 12.3. The number of carboxylic acids is 2. The van der Waals surface area contributed by atoms with Crippen LogP contribution in [0, 0.1) is 12.8 Å². The average Bonchev–Trinajstić information content (AvgIpc) is 2.65. The van der Waals surface area contributed by atoms with E-state index in [9.17, 15) is 24.2 Å². The zero-order valence-corrected chi connectivity index (χ0v) is 16.4.